The fraction of sp³-hybridized carbons (Fsp3) is 0.481. The van der Waals surface area contributed by atoms with Gasteiger partial charge in [-0.2, -0.15) is 4.98 Å². The van der Waals surface area contributed by atoms with E-state index in [1.54, 1.807) is 13.3 Å². The van der Waals surface area contributed by atoms with Crippen molar-refractivity contribution in [1.29, 1.82) is 0 Å². The van der Waals surface area contributed by atoms with Gasteiger partial charge in [-0.05, 0) is 54.3 Å². The molecule has 1 saturated heterocycles. The van der Waals surface area contributed by atoms with Gasteiger partial charge in [0.1, 0.15) is 17.4 Å². The van der Waals surface area contributed by atoms with Gasteiger partial charge in [0, 0.05) is 51.4 Å². The van der Waals surface area contributed by atoms with Gasteiger partial charge in [-0.25, -0.2) is 9.97 Å². The average Bonchev–Trinajstić information content (AvgIpc) is 2.88. The number of ether oxygens (including phenoxy) is 2. The van der Waals surface area contributed by atoms with Crippen LogP contribution in [0.1, 0.15) is 51.5 Å². The van der Waals surface area contributed by atoms with Crippen LogP contribution in [0.3, 0.4) is 0 Å². The van der Waals surface area contributed by atoms with E-state index < -0.39 is 0 Å². The third-order valence-corrected chi connectivity index (χ3v) is 6.43. The van der Waals surface area contributed by atoms with Crippen molar-refractivity contribution in [3.8, 4) is 5.75 Å². The van der Waals surface area contributed by atoms with E-state index in [0.29, 0.717) is 36.9 Å². The number of nitrogens with one attached hydrogen (secondary N) is 2. The number of rotatable bonds is 10. The number of nitrogens with zero attached hydrogens (tertiary/aromatic N) is 4. The highest BCUT2D eigenvalue weighted by molar-refractivity contribution is 5.92. The van der Waals surface area contributed by atoms with E-state index in [1.807, 2.05) is 18.3 Å². The summed E-state index contributed by atoms with van der Waals surface area (Å²) < 4.78 is 11.5. The third kappa shape index (κ3) is 6.40. The van der Waals surface area contributed by atoms with Crippen molar-refractivity contribution in [1.82, 2.24) is 20.3 Å². The Hall–Kier alpha value is -3.46. The molecule has 0 spiro atoms. The van der Waals surface area contributed by atoms with Crippen LogP contribution in [0.4, 0.5) is 17.6 Å². The number of pyridine rings is 1. The Kier molecular flexibility index (Phi) is 8.53. The molecule has 0 bridgehead atoms. The predicted octanol–water partition coefficient (Wildman–Crippen LogP) is 4.41. The maximum absolute atomic E-state index is 11.1. The lowest BCUT2D eigenvalue weighted by atomic mass is 9.96. The summed E-state index contributed by atoms with van der Waals surface area (Å²) in [6.45, 7) is 8.74. The second-order valence-electron chi connectivity index (χ2n) is 9.40. The zero-order valence-corrected chi connectivity index (χ0v) is 21.6. The molecule has 9 heteroatoms. The van der Waals surface area contributed by atoms with Crippen LogP contribution in [0.2, 0.25) is 0 Å². The quantitative estimate of drug-likeness (QED) is 0.401. The van der Waals surface area contributed by atoms with Crippen molar-refractivity contribution in [2.45, 2.75) is 52.1 Å². The van der Waals surface area contributed by atoms with Crippen LogP contribution in [0.15, 0.2) is 36.7 Å². The summed E-state index contributed by atoms with van der Waals surface area (Å²) in [6.07, 6.45) is 6.62. The molecule has 1 amide bonds. The standard InChI is InChI=1S/C27H36N6O3/c1-18(2)21-6-7-24(36-15-5-11-28-19(3)34)23-17-30-26(16-22(21)23)31-25-8-12-29-27(32-25)33-13-9-20(35-4)10-14-33/h6-8,12,16-18,20H,5,9-11,13-15H2,1-4H3,(H,28,34)(H,29,30,31,32). The molecule has 2 N–H and O–H groups in total. The first-order valence-electron chi connectivity index (χ1n) is 12.6. The Labute approximate surface area is 212 Å². The van der Waals surface area contributed by atoms with Gasteiger partial charge in [0.15, 0.2) is 0 Å². The van der Waals surface area contributed by atoms with Crippen LogP contribution >= 0.6 is 0 Å². The number of aromatic nitrogens is 3. The van der Waals surface area contributed by atoms with E-state index in [1.165, 1.54) is 12.5 Å². The molecule has 0 saturated carbocycles. The summed E-state index contributed by atoms with van der Waals surface area (Å²) in [5.74, 6) is 3.25. The van der Waals surface area contributed by atoms with Crippen LogP contribution in [-0.4, -0.2) is 60.3 Å². The van der Waals surface area contributed by atoms with E-state index >= 15 is 0 Å². The van der Waals surface area contributed by atoms with Gasteiger partial charge in [-0.15, -0.1) is 0 Å². The van der Waals surface area contributed by atoms with Crippen LogP contribution in [0, 0.1) is 0 Å². The number of fused-ring (bicyclic) bond motifs is 1. The monoisotopic (exact) mass is 492 g/mol. The Balaban J connectivity index is 1.51. The Bertz CT molecular complexity index is 1180. The van der Waals surface area contributed by atoms with Gasteiger partial charge in [0.2, 0.25) is 11.9 Å². The molecule has 2 aromatic heterocycles. The summed E-state index contributed by atoms with van der Waals surface area (Å²) in [7, 11) is 1.77. The lowest BCUT2D eigenvalue weighted by Crippen LogP contribution is -2.37. The number of piperidine rings is 1. The van der Waals surface area contributed by atoms with E-state index in [9.17, 15) is 4.79 Å². The minimum Gasteiger partial charge on any atom is -0.493 e. The highest BCUT2D eigenvalue weighted by atomic mass is 16.5. The van der Waals surface area contributed by atoms with Crippen LogP contribution in [0.5, 0.6) is 5.75 Å². The predicted molar refractivity (Wildman–Crippen MR) is 142 cm³/mol. The smallest absolute Gasteiger partial charge is 0.227 e. The van der Waals surface area contributed by atoms with E-state index in [2.05, 4.69) is 51.5 Å². The van der Waals surface area contributed by atoms with Crippen molar-refractivity contribution in [3.05, 3.63) is 42.2 Å². The first-order chi connectivity index (χ1) is 17.4. The molecule has 0 aliphatic carbocycles. The zero-order chi connectivity index (χ0) is 25.5. The number of hydrogen-bond donors (Lipinski definition) is 2. The van der Waals surface area contributed by atoms with E-state index in [-0.39, 0.29) is 5.91 Å². The Morgan fingerprint density at radius 3 is 2.67 bits per heavy atom. The Morgan fingerprint density at radius 1 is 1.14 bits per heavy atom. The summed E-state index contributed by atoms with van der Waals surface area (Å²) >= 11 is 0. The van der Waals surface area contributed by atoms with Crippen molar-refractivity contribution < 1.29 is 14.3 Å². The molecule has 36 heavy (non-hydrogen) atoms. The maximum atomic E-state index is 11.1. The number of anilines is 3. The summed E-state index contributed by atoms with van der Waals surface area (Å²) in [5, 5.41) is 8.21. The molecule has 0 radical (unpaired) electrons. The number of methoxy groups -OCH3 is 1. The van der Waals surface area contributed by atoms with Crippen LogP contribution in [-0.2, 0) is 9.53 Å². The van der Waals surface area contributed by atoms with Gasteiger partial charge < -0.3 is 25.0 Å². The molecule has 0 unspecified atom stereocenters. The largest absolute Gasteiger partial charge is 0.493 e. The summed E-state index contributed by atoms with van der Waals surface area (Å²) in [5.41, 5.74) is 1.23. The second kappa shape index (κ2) is 12.0. The van der Waals surface area contributed by atoms with Crippen molar-refractivity contribution in [2.75, 3.05) is 43.6 Å². The number of carbonyl (C=O) groups excluding carboxylic acids is 1. The van der Waals surface area contributed by atoms with Gasteiger partial charge in [-0.3, -0.25) is 4.79 Å². The lowest BCUT2D eigenvalue weighted by Gasteiger charge is -2.31. The van der Waals surface area contributed by atoms with Crippen LogP contribution in [0.25, 0.3) is 10.8 Å². The highest BCUT2D eigenvalue weighted by Crippen LogP contribution is 2.34. The zero-order valence-electron chi connectivity index (χ0n) is 21.6. The molecule has 1 aromatic carbocycles. The molecule has 192 valence electrons. The highest BCUT2D eigenvalue weighted by Gasteiger charge is 2.21. The number of amides is 1. The molecule has 1 aliphatic rings. The molecular weight excluding hydrogens is 456 g/mol. The van der Waals surface area contributed by atoms with Crippen molar-refractivity contribution in [3.63, 3.8) is 0 Å². The van der Waals surface area contributed by atoms with Crippen molar-refractivity contribution in [2.24, 2.45) is 0 Å². The molecule has 3 aromatic rings. The molecule has 0 atom stereocenters. The molecule has 3 heterocycles. The summed E-state index contributed by atoms with van der Waals surface area (Å²) in [4.78, 5) is 27.1. The van der Waals surface area contributed by atoms with E-state index in [0.717, 1.165) is 54.7 Å². The molecule has 9 nitrogen and oxygen atoms in total. The third-order valence-electron chi connectivity index (χ3n) is 6.43. The van der Waals surface area contributed by atoms with Gasteiger partial charge in [0.25, 0.3) is 0 Å². The number of carbonyl (C=O) groups is 1. The second-order valence-corrected chi connectivity index (χ2v) is 9.40. The molecule has 4 rings (SSSR count). The minimum absolute atomic E-state index is 0.0302. The Morgan fingerprint density at radius 2 is 1.94 bits per heavy atom. The molecular formula is C27H36N6O3. The number of benzene rings is 1. The SMILES string of the molecule is COC1CCN(c2nccc(Nc3cc4c(C(C)C)ccc(OCCCNC(C)=O)c4cn3)n2)CC1. The minimum atomic E-state index is -0.0302. The topological polar surface area (TPSA) is 102 Å². The van der Waals surface area contributed by atoms with E-state index in [4.69, 9.17) is 14.5 Å². The maximum Gasteiger partial charge on any atom is 0.227 e. The lowest BCUT2D eigenvalue weighted by molar-refractivity contribution is -0.118. The number of hydrogen-bond acceptors (Lipinski definition) is 8. The van der Waals surface area contributed by atoms with Gasteiger partial charge in [-0.1, -0.05) is 19.9 Å². The van der Waals surface area contributed by atoms with Crippen LogP contribution < -0.4 is 20.3 Å². The average molecular weight is 493 g/mol. The van der Waals surface area contributed by atoms with Gasteiger partial charge >= 0.3 is 0 Å². The molecule has 1 fully saturated rings. The summed E-state index contributed by atoms with van der Waals surface area (Å²) in [6, 6.07) is 8.04. The molecule has 1 aliphatic heterocycles. The fourth-order valence-corrected chi connectivity index (χ4v) is 4.45. The first-order valence-corrected chi connectivity index (χ1v) is 12.6. The first kappa shape index (κ1) is 25.6. The fourth-order valence-electron chi connectivity index (χ4n) is 4.45. The van der Waals surface area contributed by atoms with Crippen molar-refractivity contribution >= 4 is 34.3 Å². The normalized spacial score (nSPS) is 14.3. The van der Waals surface area contributed by atoms with Gasteiger partial charge in [0.05, 0.1) is 12.7 Å².